The molecular formula is C19H36IN5O. The summed E-state index contributed by atoms with van der Waals surface area (Å²) in [6.45, 7) is 2.52. The Bertz CT molecular complexity index is 473. The number of aliphatic imine (C=N–C) groups is 1. The normalized spacial score (nSPS) is 25.3. The molecule has 26 heavy (non-hydrogen) atoms. The fourth-order valence-corrected chi connectivity index (χ4v) is 4.38. The second-order valence-electron chi connectivity index (χ2n) is 8.14. The van der Waals surface area contributed by atoms with Crippen LogP contribution in [0.2, 0.25) is 0 Å². The Labute approximate surface area is 175 Å². The molecule has 0 radical (unpaired) electrons. The average molecular weight is 477 g/mol. The summed E-state index contributed by atoms with van der Waals surface area (Å²) >= 11 is 0. The van der Waals surface area contributed by atoms with Gasteiger partial charge in [0.1, 0.15) is 6.54 Å². The predicted molar refractivity (Wildman–Crippen MR) is 117 cm³/mol. The van der Waals surface area contributed by atoms with E-state index in [0.29, 0.717) is 12.1 Å². The molecule has 0 aromatic rings. The first-order valence-electron chi connectivity index (χ1n) is 10.1. The smallest absolute Gasteiger partial charge is 0.243 e. The summed E-state index contributed by atoms with van der Waals surface area (Å²) < 4.78 is 0. The second kappa shape index (κ2) is 10.7. The molecule has 0 aromatic carbocycles. The molecule has 2 aliphatic carbocycles. The number of guanidine groups is 1. The van der Waals surface area contributed by atoms with Crippen molar-refractivity contribution >= 4 is 35.8 Å². The van der Waals surface area contributed by atoms with Gasteiger partial charge in [-0.05, 0) is 32.1 Å². The van der Waals surface area contributed by atoms with Crippen molar-refractivity contribution in [2.75, 3.05) is 33.7 Å². The highest BCUT2D eigenvalue weighted by Crippen LogP contribution is 2.26. The van der Waals surface area contributed by atoms with Gasteiger partial charge in [-0.25, -0.2) is 4.99 Å². The summed E-state index contributed by atoms with van der Waals surface area (Å²) in [5.41, 5.74) is 0. The minimum atomic E-state index is 0. The highest BCUT2D eigenvalue weighted by molar-refractivity contribution is 14.0. The van der Waals surface area contributed by atoms with E-state index in [9.17, 15) is 4.79 Å². The van der Waals surface area contributed by atoms with E-state index in [0.717, 1.165) is 18.5 Å². The molecule has 3 fully saturated rings. The number of rotatable bonds is 5. The molecule has 3 rings (SSSR count). The average Bonchev–Trinajstić information content (AvgIpc) is 3.33. The highest BCUT2D eigenvalue weighted by atomic mass is 127. The van der Waals surface area contributed by atoms with Gasteiger partial charge < -0.3 is 15.5 Å². The van der Waals surface area contributed by atoms with Gasteiger partial charge in [0.05, 0.1) is 0 Å². The molecule has 1 atom stereocenters. The Hall–Kier alpha value is -0.570. The number of carbonyl (C=O) groups excluding carboxylic acids is 1. The first kappa shape index (κ1) is 21.7. The first-order valence-corrected chi connectivity index (χ1v) is 10.1. The maximum atomic E-state index is 11.9. The summed E-state index contributed by atoms with van der Waals surface area (Å²) in [5, 5.41) is 7.19. The summed E-state index contributed by atoms with van der Waals surface area (Å²) in [6, 6.07) is 1.75. The number of carbonyl (C=O) groups is 1. The van der Waals surface area contributed by atoms with Gasteiger partial charge in [0, 0.05) is 45.3 Å². The minimum Gasteiger partial charge on any atom is -0.354 e. The van der Waals surface area contributed by atoms with Crippen LogP contribution >= 0.6 is 24.0 Å². The van der Waals surface area contributed by atoms with Crippen LogP contribution in [-0.2, 0) is 4.79 Å². The van der Waals surface area contributed by atoms with Crippen LogP contribution < -0.4 is 10.6 Å². The zero-order valence-electron chi connectivity index (χ0n) is 16.4. The summed E-state index contributed by atoms with van der Waals surface area (Å²) in [7, 11) is 3.57. The summed E-state index contributed by atoms with van der Waals surface area (Å²) in [5.74, 6) is 0.881. The van der Waals surface area contributed by atoms with Gasteiger partial charge in [0.15, 0.2) is 5.96 Å². The number of likely N-dealkylation sites (tertiary alicyclic amines) is 1. The molecule has 1 aliphatic heterocycles. The third-order valence-corrected chi connectivity index (χ3v) is 5.97. The largest absolute Gasteiger partial charge is 0.354 e. The third kappa shape index (κ3) is 6.25. The maximum Gasteiger partial charge on any atom is 0.243 e. The Morgan fingerprint density at radius 1 is 1.00 bits per heavy atom. The van der Waals surface area contributed by atoms with Crippen molar-refractivity contribution in [3.63, 3.8) is 0 Å². The van der Waals surface area contributed by atoms with Crippen LogP contribution in [0.1, 0.15) is 57.8 Å². The van der Waals surface area contributed by atoms with Crippen LogP contribution in [0.15, 0.2) is 4.99 Å². The molecule has 1 heterocycles. The van der Waals surface area contributed by atoms with E-state index in [1.807, 2.05) is 0 Å². The number of likely N-dealkylation sites (N-methyl/N-ethyl adjacent to an activating group) is 1. The van der Waals surface area contributed by atoms with E-state index >= 15 is 0 Å². The monoisotopic (exact) mass is 477 g/mol. The van der Waals surface area contributed by atoms with E-state index in [1.54, 1.807) is 19.0 Å². The lowest BCUT2D eigenvalue weighted by Gasteiger charge is -2.25. The van der Waals surface area contributed by atoms with Crippen LogP contribution in [0.25, 0.3) is 0 Å². The molecule has 150 valence electrons. The van der Waals surface area contributed by atoms with E-state index in [-0.39, 0.29) is 36.4 Å². The highest BCUT2D eigenvalue weighted by Gasteiger charge is 2.30. The van der Waals surface area contributed by atoms with Crippen molar-refractivity contribution in [1.29, 1.82) is 0 Å². The molecule has 6 nitrogen and oxygen atoms in total. The lowest BCUT2D eigenvalue weighted by atomic mass is 10.2. The topological polar surface area (TPSA) is 60.0 Å². The van der Waals surface area contributed by atoms with E-state index in [2.05, 4.69) is 20.5 Å². The van der Waals surface area contributed by atoms with Crippen molar-refractivity contribution in [1.82, 2.24) is 20.4 Å². The number of halogens is 1. The van der Waals surface area contributed by atoms with Gasteiger partial charge in [0.2, 0.25) is 5.91 Å². The third-order valence-electron chi connectivity index (χ3n) is 5.97. The Morgan fingerprint density at radius 3 is 2.27 bits per heavy atom. The Kier molecular flexibility index (Phi) is 8.93. The lowest BCUT2D eigenvalue weighted by molar-refractivity contribution is -0.127. The quantitative estimate of drug-likeness (QED) is 0.362. The first-order chi connectivity index (χ1) is 12.1. The number of hydrogen-bond donors (Lipinski definition) is 2. The van der Waals surface area contributed by atoms with Gasteiger partial charge >= 0.3 is 0 Å². The van der Waals surface area contributed by atoms with Crippen LogP contribution in [-0.4, -0.2) is 73.5 Å². The second-order valence-corrected chi connectivity index (χ2v) is 8.14. The van der Waals surface area contributed by atoms with Crippen LogP contribution in [0, 0.1) is 0 Å². The van der Waals surface area contributed by atoms with Gasteiger partial charge in [0.25, 0.3) is 0 Å². The number of nitrogens with zero attached hydrogens (tertiary/aromatic N) is 3. The van der Waals surface area contributed by atoms with Crippen molar-refractivity contribution in [3.05, 3.63) is 0 Å². The van der Waals surface area contributed by atoms with Crippen molar-refractivity contribution < 1.29 is 4.79 Å². The molecule has 1 amide bonds. The molecule has 2 saturated carbocycles. The maximum absolute atomic E-state index is 11.9. The molecule has 0 bridgehead atoms. The SMILES string of the molecule is CN(C)C(=O)CN=C(NC1CCCC1)NC1CCN(C2CCCC2)C1.I. The molecule has 7 heteroatoms. The van der Waals surface area contributed by atoms with Crippen molar-refractivity contribution in [2.24, 2.45) is 4.99 Å². The predicted octanol–water partition coefficient (Wildman–Crippen LogP) is 2.19. The number of amides is 1. The lowest BCUT2D eigenvalue weighted by Crippen LogP contribution is -2.48. The Balaban J connectivity index is 0.00000243. The van der Waals surface area contributed by atoms with Gasteiger partial charge in [-0.2, -0.15) is 0 Å². The van der Waals surface area contributed by atoms with Gasteiger partial charge in [-0.3, -0.25) is 9.69 Å². The minimum absolute atomic E-state index is 0. The van der Waals surface area contributed by atoms with Crippen LogP contribution in [0.5, 0.6) is 0 Å². The zero-order chi connectivity index (χ0) is 17.6. The van der Waals surface area contributed by atoms with E-state index < -0.39 is 0 Å². The molecule has 1 saturated heterocycles. The van der Waals surface area contributed by atoms with Crippen LogP contribution in [0.3, 0.4) is 0 Å². The van der Waals surface area contributed by atoms with Gasteiger partial charge in [-0.1, -0.05) is 25.7 Å². The fourth-order valence-electron chi connectivity index (χ4n) is 4.38. The Morgan fingerprint density at radius 2 is 1.62 bits per heavy atom. The molecule has 3 aliphatic rings. The standard InChI is InChI=1S/C19H35N5O.HI/c1-23(2)18(25)13-20-19(21-15-7-3-4-8-15)22-16-11-12-24(14-16)17-9-5-6-10-17;/h15-17H,3-14H2,1-2H3,(H2,20,21,22);1H. The van der Waals surface area contributed by atoms with Crippen LogP contribution in [0.4, 0.5) is 0 Å². The zero-order valence-corrected chi connectivity index (χ0v) is 18.7. The molecule has 0 spiro atoms. The molecular weight excluding hydrogens is 441 g/mol. The van der Waals surface area contributed by atoms with E-state index in [4.69, 9.17) is 0 Å². The summed E-state index contributed by atoms with van der Waals surface area (Å²) in [6.07, 6.45) is 11.7. The molecule has 0 aromatic heterocycles. The fraction of sp³-hybridized carbons (Fsp3) is 0.895. The number of hydrogen-bond acceptors (Lipinski definition) is 3. The van der Waals surface area contributed by atoms with Gasteiger partial charge in [-0.15, -0.1) is 24.0 Å². The summed E-state index contributed by atoms with van der Waals surface area (Å²) in [4.78, 5) is 20.7. The number of nitrogens with one attached hydrogen (secondary N) is 2. The molecule has 1 unspecified atom stereocenters. The van der Waals surface area contributed by atoms with Crippen molar-refractivity contribution in [3.8, 4) is 0 Å². The molecule has 2 N–H and O–H groups in total. The van der Waals surface area contributed by atoms with Crippen molar-refractivity contribution in [2.45, 2.75) is 75.9 Å². The van der Waals surface area contributed by atoms with E-state index in [1.165, 1.54) is 64.3 Å².